The van der Waals surface area contributed by atoms with Gasteiger partial charge in [0.2, 0.25) is 0 Å². The third-order valence-electron chi connectivity index (χ3n) is 6.01. The fourth-order valence-electron chi connectivity index (χ4n) is 3.82. The zero-order valence-electron chi connectivity index (χ0n) is 21.3. The van der Waals surface area contributed by atoms with Gasteiger partial charge in [0.1, 0.15) is 5.75 Å². The van der Waals surface area contributed by atoms with E-state index in [1.807, 2.05) is 36.7 Å². The second-order valence-electron chi connectivity index (χ2n) is 8.96. The van der Waals surface area contributed by atoms with Gasteiger partial charge in [0, 0.05) is 23.5 Å². The number of nitrogens with zero attached hydrogens (tertiary/aromatic N) is 2. The van der Waals surface area contributed by atoms with Crippen molar-refractivity contribution in [1.82, 2.24) is 9.97 Å². The highest BCUT2D eigenvalue weighted by Crippen LogP contribution is 2.24. The van der Waals surface area contributed by atoms with Crippen molar-refractivity contribution in [2.45, 2.75) is 78.2 Å². The Balaban J connectivity index is 1.53. The van der Waals surface area contributed by atoms with Crippen molar-refractivity contribution >= 4 is 5.97 Å². The molecule has 0 aliphatic carbocycles. The molecule has 3 rings (SSSR count). The topological polar surface area (TPSA) is 61.3 Å². The SMILES string of the molecule is CCCCCCc1ccc(-c2ncc(-c3ccc(OC(C)C(=O)OCCCCC)cc3)cn2)cc1. The number of benzene rings is 2. The minimum atomic E-state index is -0.646. The Hall–Kier alpha value is -3.21. The molecule has 0 spiro atoms. The predicted octanol–water partition coefficient (Wildman–Crippen LogP) is 7.43. The molecule has 1 atom stereocenters. The number of aryl methyl sites for hydroxylation is 1. The third-order valence-corrected chi connectivity index (χ3v) is 6.01. The van der Waals surface area contributed by atoms with E-state index >= 15 is 0 Å². The third kappa shape index (κ3) is 8.50. The van der Waals surface area contributed by atoms with E-state index in [4.69, 9.17) is 9.47 Å². The van der Waals surface area contributed by atoms with Gasteiger partial charge in [0.05, 0.1) is 6.61 Å². The van der Waals surface area contributed by atoms with Crippen LogP contribution in [0.4, 0.5) is 0 Å². The Morgan fingerprint density at radius 2 is 1.40 bits per heavy atom. The summed E-state index contributed by atoms with van der Waals surface area (Å²) in [5.74, 6) is 1.01. The van der Waals surface area contributed by atoms with Crippen molar-refractivity contribution in [1.29, 1.82) is 0 Å². The summed E-state index contributed by atoms with van der Waals surface area (Å²) in [6, 6.07) is 16.2. The number of ether oxygens (including phenoxy) is 2. The lowest BCUT2D eigenvalue weighted by Crippen LogP contribution is -2.26. The molecular formula is C30H38N2O3. The number of hydrogen-bond acceptors (Lipinski definition) is 5. The average Bonchev–Trinajstić information content (AvgIpc) is 2.90. The number of esters is 1. The van der Waals surface area contributed by atoms with Gasteiger partial charge in [-0.1, -0.05) is 82.3 Å². The van der Waals surface area contributed by atoms with Gasteiger partial charge < -0.3 is 9.47 Å². The van der Waals surface area contributed by atoms with Gasteiger partial charge in [-0.2, -0.15) is 0 Å². The summed E-state index contributed by atoms with van der Waals surface area (Å²) in [6.45, 7) is 6.51. The monoisotopic (exact) mass is 474 g/mol. The Bertz CT molecular complexity index is 1010. The van der Waals surface area contributed by atoms with E-state index in [1.165, 1.54) is 31.2 Å². The van der Waals surface area contributed by atoms with E-state index in [2.05, 4.69) is 48.1 Å². The Labute approximate surface area is 209 Å². The second kappa shape index (κ2) is 14.2. The van der Waals surface area contributed by atoms with Crippen LogP contribution in [0.15, 0.2) is 60.9 Å². The summed E-state index contributed by atoms with van der Waals surface area (Å²) >= 11 is 0. The first-order valence-electron chi connectivity index (χ1n) is 13.0. The lowest BCUT2D eigenvalue weighted by Gasteiger charge is -2.14. The van der Waals surface area contributed by atoms with Crippen LogP contribution in [-0.2, 0) is 16.0 Å². The first kappa shape index (κ1) is 26.4. The van der Waals surface area contributed by atoms with Gasteiger partial charge in [0.25, 0.3) is 0 Å². The normalized spacial score (nSPS) is 11.7. The zero-order chi connectivity index (χ0) is 24.9. The van der Waals surface area contributed by atoms with Crippen LogP contribution in [0, 0.1) is 0 Å². The maximum absolute atomic E-state index is 12.1. The maximum Gasteiger partial charge on any atom is 0.347 e. The smallest absolute Gasteiger partial charge is 0.347 e. The van der Waals surface area contributed by atoms with Crippen molar-refractivity contribution in [2.24, 2.45) is 0 Å². The lowest BCUT2D eigenvalue weighted by molar-refractivity contribution is -0.151. The fraction of sp³-hybridized carbons (Fsp3) is 0.433. The molecule has 1 heterocycles. The quantitative estimate of drug-likeness (QED) is 0.179. The van der Waals surface area contributed by atoms with E-state index in [-0.39, 0.29) is 5.97 Å². The van der Waals surface area contributed by atoms with Gasteiger partial charge in [-0.05, 0) is 49.4 Å². The highest BCUT2D eigenvalue weighted by Gasteiger charge is 2.16. The summed E-state index contributed by atoms with van der Waals surface area (Å²) in [6.07, 6.45) is 12.3. The van der Waals surface area contributed by atoms with Crippen LogP contribution < -0.4 is 4.74 Å². The van der Waals surface area contributed by atoms with Crippen LogP contribution in [0.1, 0.15) is 71.3 Å². The minimum absolute atomic E-state index is 0.335. The Morgan fingerprint density at radius 1 is 0.771 bits per heavy atom. The van der Waals surface area contributed by atoms with Gasteiger partial charge in [-0.3, -0.25) is 0 Å². The Kier molecular flexibility index (Phi) is 10.7. The van der Waals surface area contributed by atoms with Crippen molar-refractivity contribution in [3.63, 3.8) is 0 Å². The van der Waals surface area contributed by atoms with E-state index < -0.39 is 6.10 Å². The molecule has 35 heavy (non-hydrogen) atoms. The van der Waals surface area contributed by atoms with E-state index in [1.54, 1.807) is 6.92 Å². The molecule has 0 radical (unpaired) electrons. The molecule has 5 nitrogen and oxygen atoms in total. The zero-order valence-corrected chi connectivity index (χ0v) is 21.3. The van der Waals surface area contributed by atoms with Gasteiger partial charge in [-0.15, -0.1) is 0 Å². The molecule has 0 amide bonds. The minimum Gasteiger partial charge on any atom is -0.479 e. The summed E-state index contributed by atoms with van der Waals surface area (Å²) in [7, 11) is 0. The van der Waals surface area contributed by atoms with E-state index in [0.29, 0.717) is 12.4 Å². The van der Waals surface area contributed by atoms with Crippen molar-refractivity contribution in [3.8, 4) is 28.3 Å². The maximum atomic E-state index is 12.1. The number of rotatable bonds is 14. The van der Waals surface area contributed by atoms with Crippen LogP contribution in [0.3, 0.4) is 0 Å². The standard InChI is InChI=1S/C30H38N2O3/c1-4-6-8-9-11-24-12-14-26(15-13-24)29-31-21-27(22-32-29)25-16-18-28(19-17-25)35-23(3)30(33)34-20-10-7-5-2/h12-19,21-23H,4-11,20H2,1-3H3. The molecule has 0 fully saturated rings. The molecular weight excluding hydrogens is 436 g/mol. The highest BCUT2D eigenvalue weighted by atomic mass is 16.6. The number of aromatic nitrogens is 2. The van der Waals surface area contributed by atoms with E-state index in [9.17, 15) is 4.79 Å². The molecule has 3 aromatic rings. The molecule has 0 aliphatic rings. The molecule has 2 aromatic carbocycles. The molecule has 5 heteroatoms. The van der Waals surface area contributed by atoms with Gasteiger partial charge in [-0.25, -0.2) is 14.8 Å². The van der Waals surface area contributed by atoms with Crippen molar-refractivity contribution in [3.05, 3.63) is 66.5 Å². The predicted molar refractivity (Wildman–Crippen MR) is 141 cm³/mol. The molecule has 1 unspecified atom stereocenters. The lowest BCUT2D eigenvalue weighted by atomic mass is 10.0. The van der Waals surface area contributed by atoms with E-state index in [0.717, 1.165) is 48.2 Å². The fourth-order valence-corrected chi connectivity index (χ4v) is 3.82. The summed E-state index contributed by atoms with van der Waals surface area (Å²) < 4.78 is 11.0. The van der Waals surface area contributed by atoms with Gasteiger partial charge >= 0.3 is 5.97 Å². The molecule has 0 aliphatic heterocycles. The first-order valence-corrected chi connectivity index (χ1v) is 13.0. The highest BCUT2D eigenvalue weighted by molar-refractivity contribution is 5.74. The number of hydrogen-bond donors (Lipinski definition) is 0. The molecule has 0 bridgehead atoms. The molecule has 0 saturated heterocycles. The van der Waals surface area contributed by atoms with Crippen LogP contribution in [-0.4, -0.2) is 28.6 Å². The second-order valence-corrected chi connectivity index (χ2v) is 8.96. The van der Waals surface area contributed by atoms with Gasteiger partial charge in [0.15, 0.2) is 11.9 Å². The molecule has 186 valence electrons. The largest absolute Gasteiger partial charge is 0.479 e. The summed E-state index contributed by atoms with van der Waals surface area (Å²) in [4.78, 5) is 21.2. The first-order chi connectivity index (χ1) is 17.1. The number of carbonyl (C=O) groups is 1. The molecule has 0 saturated carbocycles. The average molecular weight is 475 g/mol. The number of carbonyl (C=O) groups excluding carboxylic acids is 1. The van der Waals surface area contributed by atoms with Crippen LogP contribution in [0.5, 0.6) is 5.75 Å². The molecule has 0 N–H and O–H groups in total. The summed E-state index contributed by atoms with van der Waals surface area (Å²) in [5, 5.41) is 0. The number of unbranched alkanes of at least 4 members (excludes halogenated alkanes) is 5. The van der Waals surface area contributed by atoms with Crippen LogP contribution in [0.2, 0.25) is 0 Å². The van der Waals surface area contributed by atoms with Crippen LogP contribution >= 0.6 is 0 Å². The molecule has 1 aromatic heterocycles. The van der Waals surface area contributed by atoms with Crippen molar-refractivity contribution in [2.75, 3.05) is 6.61 Å². The van der Waals surface area contributed by atoms with Crippen molar-refractivity contribution < 1.29 is 14.3 Å². The summed E-state index contributed by atoms with van der Waals surface area (Å²) in [5.41, 5.74) is 4.30. The van der Waals surface area contributed by atoms with Crippen LogP contribution in [0.25, 0.3) is 22.5 Å². The Morgan fingerprint density at radius 3 is 2.06 bits per heavy atom.